The van der Waals surface area contributed by atoms with Crippen LogP contribution in [0.4, 0.5) is 4.39 Å². The summed E-state index contributed by atoms with van der Waals surface area (Å²) in [7, 11) is 0. The number of carboxylic acid groups (broad SMARTS) is 1. The van der Waals surface area contributed by atoms with E-state index in [-0.39, 0.29) is 17.8 Å². The lowest BCUT2D eigenvalue weighted by Gasteiger charge is -2.37. The first kappa shape index (κ1) is 12.0. The third-order valence-electron chi connectivity index (χ3n) is 3.34. The Morgan fingerprint density at radius 3 is 2.71 bits per heavy atom. The van der Waals surface area contributed by atoms with Crippen molar-refractivity contribution < 1.29 is 14.3 Å². The summed E-state index contributed by atoms with van der Waals surface area (Å²) in [5.74, 6) is -0.795. The van der Waals surface area contributed by atoms with Crippen molar-refractivity contribution in [3.8, 4) is 0 Å². The molecule has 1 aliphatic rings. The summed E-state index contributed by atoms with van der Waals surface area (Å²) in [5, 5.41) is 11.8. The third kappa shape index (κ3) is 2.64. The zero-order valence-electron chi connectivity index (χ0n) is 9.69. The van der Waals surface area contributed by atoms with Crippen LogP contribution < -0.4 is 5.32 Å². The van der Waals surface area contributed by atoms with Crippen molar-refractivity contribution in [2.75, 3.05) is 0 Å². The van der Waals surface area contributed by atoms with Crippen LogP contribution in [0.15, 0.2) is 24.3 Å². The monoisotopic (exact) mass is 237 g/mol. The van der Waals surface area contributed by atoms with Crippen LogP contribution in [0.1, 0.15) is 31.2 Å². The Morgan fingerprint density at radius 2 is 2.12 bits per heavy atom. The van der Waals surface area contributed by atoms with E-state index in [2.05, 4.69) is 5.32 Å². The maximum atomic E-state index is 13.5. The number of hydrogen-bond acceptors (Lipinski definition) is 2. The molecule has 0 amide bonds. The molecule has 92 valence electrons. The number of benzene rings is 1. The predicted molar refractivity (Wildman–Crippen MR) is 62.4 cm³/mol. The van der Waals surface area contributed by atoms with Gasteiger partial charge in [0.15, 0.2) is 0 Å². The number of aliphatic carboxylic acids is 1. The Hall–Kier alpha value is -1.42. The second kappa shape index (κ2) is 4.84. The van der Waals surface area contributed by atoms with Crippen molar-refractivity contribution in [1.82, 2.24) is 5.32 Å². The normalized spacial score (nSPS) is 25.1. The lowest BCUT2D eigenvalue weighted by molar-refractivity contribution is -0.139. The van der Waals surface area contributed by atoms with Crippen molar-refractivity contribution in [3.05, 3.63) is 35.6 Å². The molecule has 0 bridgehead atoms. The number of hydrogen-bond donors (Lipinski definition) is 2. The highest BCUT2D eigenvalue weighted by Gasteiger charge is 2.33. The van der Waals surface area contributed by atoms with Gasteiger partial charge in [0.2, 0.25) is 0 Å². The zero-order valence-corrected chi connectivity index (χ0v) is 9.69. The minimum atomic E-state index is -0.848. The molecule has 3 nitrogen and oxygen atoms in total. The molecule has 0 heterocycles. The molecule has 1 aromatic carbocycles. The van der Waals surface area contributed by atoms with E-state index in [1.807, 2.05) is 6.07 Å². The first-order valence-corrected chi connectivity index (χ1v) is 5.81. The van der Waals surface area contributed by atoms with Gasteiger partial charge in [0.05, 0.1) is 0 Å². The van der Waals surface area contributed by atoms with Crippen LogP contribution in [0, 0.1) is 5.82 Å². The summed E-state index contributed by atoms with van der Waals surface area (Å²) < 4.78 is 13.5. The Kier molecular flexibility index (Phi) is 3.43. The standard InChI is InChI=1S/C13H16FNO2/c1-8(13(16)17)15-10-6-9(7-10)11-4-2-3-5-12(11)14/h2-5,8-10,15H,6-7H2,1H3,(H,16,17). The molecule has 17 heavy (non-hydrogen) atoms. The SMILES string of the molecule is CC(NC1CC(c2ccccc2F)C1)C(=O)O. The van der Waals surface area contributed by atoms with Crippen LogP contribution in [-0.4, -0.2) is 23.2 Å². The molecule has 4 heteroatoms. The highest BCUT2D eigenvalue weighted by atomic mass is 19.1. The van der Waals surface area contributed by atoms with Gasteiger partial charge in [0.25, 0.3) is 0 Å². The van der Waals surface area contributed by atoms with E-state index < -0.39 is 12.0 Å². The van der Waals surface area contributed by atoms with Crippen LogP contribution in [0.2, 0.25) is 0 Å². The lowest BCUT2D eigenvalue weighted by atomic mass is 9.75. The van der Waals surface area contributed by atoms with E-state index in [0.29, 0.717) is 0 Å². The molecular weight excluding hydrogens is 221 g/mol. The molecule has 1 aliphatic carbocycles. The fourth-order valence-corrected chi connectivity index (χ4v) is 2.24. The van der Waals surface area contributed by atoms with E-state index in [1.165, 1.54) is 6.07 Å². The average Bonchev–Trinajstić information content (AvgIpc) is 2.24. The summed E-state index contributed by atoms with van der Waals surface area (Å²) in [5.41, 5.74) is 0.744. The Labute approximate surface area is 99.7 Å². The number of nitrogens with one attached hydrogen (secondary N) is 1. The quantitative estimate of drug-likeness (QED) is 0.843. The highest BCUT2D eigenvalue weighted by molar-refractivity contribution is 5.72. The minimum absolute atomic E-state index is 0.165. The summed E-state index contributed by atoms with van der Waals surface area (Å²) in [6.07, 6.45) is 1.61. The smallest absolute Gasteiger partial charge is 0.320 e. The molecule has 0 aliphatic heterocycles. The van der Waals surface area contributed by atoms with Gasteiger partial charge in [0.1, 0.15) is 11.9 Å². The van der Waals surface area contributed by atoms with Crippen LogP contribution in [0.5, 0.6) is 0 Å². The molecule has 1 fully saturated rings. The minimum Gasteiger partial charge on any atom is -0.480 e. The van der Waals surface area contributed by atoms with Crippen LogP contribution in [0.25, 0.3) is 0 Å². The summed E-state index contributed by atoms with van der Waals surface area (Å²) >= 11 is 0. The fourth-order valence-electron chi connectivity index (χ4n) is 2.24. The summed E-state index contributed by atoms with van der Waals surface area (Å²) in [6.45, 7) is 1.62. The number of carbonyl (C=O) groups is 1. The predicted octanol–water partition coefficient (Wildman–Crippen LogP) is 2.13. The Balaban J connectivity index is 1.87. The first-order chi connectivity index (χ1) is 8.08. The molecule has 0 saturated heterocycles. The summed E-state index contributed by atoms with van der Waals surface area (Å²) in [6, 6.07) is 6.43. The molecule has 1 atom stereocenters. The van der Waals surface area contributed by atoms with Gasteiger partial charge in [0, 0.05) is 6.04 Å². The molecule has 0 radical (unpaired) electrons. The molecular formula is C13H16FNO2. The van der Waals surface area contributed by atoms with Gasteiger partial charge in [-0.05, 0) is 37.3 Å². The van der Waals surface area contributed by atoms with Gasteiger partial charge in [-0.2, -0.15) is 0 Å². The first-order valence-electron chi connectivity index (χ1n) is 5.81. The number of rotatable bonds is 4. The van der Waals surface area contributed by atoms with Crippen LogP contribution >= 0.6 is 0 Å². The molecule has 2 rings (SSSR count). The van der Waals surface area contributed by atoms with Gasteiger partial charge in [-0.15, -0.1) is 0 Å². The van der Waals surface area contributed by atoms with E-state index >= 15 is 0 Å². The third-order valence-corrected chi connectivity index (χ3v) is 3.34. The molecule has 0 spiro atoms. The van der Waals surface area contributed by atoms with Crippen molar-refractivity contribution in [2.24, 2.45) is 0 Å². The summed E-state index contributed by atoms with van der Waals surface area (Å²) in [4.78, 5) is 10.7. The van der Waals surface area contributed by atoms with Crippen LogP contribution in [-0.2, 0) is 4.79 Å². The Morgan fingerprint density at radius 1 is 1.47 bits per heavy atom. The number of halogens is 1. The van der Waals surface area contributed by atoms with Crippen molar-refractivity contribution >= 4 is 5.97 Å². The maximum absolute atomic E-state index is 13.5. The molecule has 0 aromatic heterocycles. The Bertz CT molecular complexity index is 416. The van der Waals surface area contributed by atoms with Crippen LogP contribution in [0.3, 0.4) is 0 Å². The average molecular weight is 237 g/mol. The van der Waals surface area contributed by atoms with Crippen molar-refractivity contribution in [1.29, 1.82) is 0 Å². The molecule has 1 unspecified atom stereocenters. The van der Waals surface area contributed by atoms with E-state index in [1.54, 1.807) is 19.1 Å². The van der Waals surface area contributed by atoms with Gasteiger partial charge in [-0.1, -0.05) is 18.2 Å². The van der Waals surface area contributed by atoms with Crippen molar-refractivity contribution in [2.45, 2.75) is 37.8 Å². The van der Waals surface area contributed by atoms with E-state index in [9.17, 15) is 9.18 Å². The fraction of sp³-hybridized carbons (Fsp3) is 0.462. The zero-order chi connectivity index (χ0) is 12.4. The second-order valence-electron chi connectivity index (χ2n) is 4.61. The van der Waals surface area contributed by atoms with Gasteiger partial charge >= 0.3 is 5.97 Å². The lowest BCUT2D eigenvalue weighted by Crippen LogP contribution is -2.47. The van der Waals surface area contributed by atoms with Gasteiger partial charge in [-0.25, -0.2) is 4.39 Å². The van der Waals surface area contributed by atoms with Crippen molar-refractivity contribution in [3.63, 3.8) is 0 Å². The maximum Gasteiger partial charge on any atom is 0.320 e. The van der Waals surface area contributed by atoms with Gasteiger partial charge in [-0.3, -0.25) is 4.79 Å². The van der Waals surface area contributed by atoms with Gasteiger partial charge < -0.3 is 10.4 Å². The topological polar surface area (TPSA) is 49.3 Å². The number of carboxylic acids is 1. The highest BCUT2D eigenvalue weighted by Crippen LogP contribution is 2.38. The molecule has 1 saturated carbocycles. The largest absolute Gasteiger partial charge is 0.480 e. The molecule has 1 aromatic rings. The van der Waals surface area contributed by atoms with E-state index in [0.717, 1.165) is 18.4 Å². The molecule has 2 N–H and O–H groups in total. The van der Waals surface area contributed by atoms with E-state index in [4.69, 9.17) is 5.11 Å². The second-order valence-corrected chi connectivity index (χ2v) is 4.61.